The Morgan fingerprint density at radius 1 is 1.00 bits per heavy atom. The van der Waals surface area contributed by atoms with E-state index < -0.39 is 5.91 Å². The van der Waals surface area contributed by atoms with Crippen LogP contribution in [0, 0.1) is 16.2 Å². The van der Waals surface area contributed by atoms with Crippen molar-refractivity contribution in [2.75, 3.05) is 0 Å². The van der Waals surface area contributed by atoms with Crippen molar-refractivity contribution in [1.82, 2.24) is 3.97 Å². The van der Waals surface area contributed by atoms with Gasteiger partial charge in [0.2, 0.25) is 0 Å². The maximum Gasteiger partial charge on any atom is 0.286 e. The van der Waals surface area contributed by atoms with Crippen LogP contribution in [-0.4, -0.2) is 9.88 Å². The van der Waals surface area contributed by atoms with Gasteiger partial charge in [-0.1, -0.05) is 36.4 Å². The van der Waals surface area contributed by atoms with Crippen molar-refractivity contribution in [2.24, 2.45) is 5.18 Å². The van der Waals surface area contributed by atoms with Gasteiger partial charge in [0.1, 0.15) is 10.9 Å². The number of aromatic nitrogens is 1. The summed E-state index contributed by atoms with van der Waals surface area (Å²) in [6, 6.07) is 24.8. The monoisotopic (exact) mass is 499 g/mol. The zero-order valence-corrected chi connectivity index (χ0v) is 20.3. The highest BCUT2D eigenvalue weighted by molar-refractivity contribution is 7.98. The molecule has 5 aromatic rings. The first-order valence-electron chi connectivity index (χ1n) is 10.5. The molecule has 0 aliphatic carbocycles. The Kier molecular flexibility index (Phi) is 6.41. The summed E-state index contributed by atoms with van der Waals surface area (Å²) >= 11 is 4.75. The molecule has 2 aromatic carbocycles. The minimum absolute atomic E-state index is 0.117. The first-order chi connectivity index (χ1) is 16.7. The number of hydrogen-bond acceptors (Lipinski definition) is 6. The van der Waals surface area contributed by atoms with E-state index in [4.69, 9.17) is 0 Å². The summed E-state index contributed by atoms with van der Waals surface area (Å²) in [4.78, 5) is 24.4. The highest BCUT2D eigenvalue weighted by atomic mass is 32.2. The van der Waals surface area contributed by atoms with Crippen LogP contribution >= 0.6 is 34.6 Å². The Morgan fingerprint density at radius 3 is 2.56 bits per heavy atom. The summed E-state index contributed by atoms with van der Waals surface area (Å²) in [5.41, 5.74) is 5.15. The maximum absolute atomic E-state index is 11.2. The van der Waals surface area contributed by atoms with Crippen LogP contribution in [0.1, 0.15) is 16.9 Å². The third-order valence-electron chi connectivity index (χ3n) is 5.47. The van der Waals surface area contributed by atoms with Gasteiger partial charge in [-0.2, -0.15) is 5.26 Å². The molecular weight excluding hydrogens is 483 g/mol. The predicted molar refractivity (Wildman–Crippen MR) is 140 cm³/mol. The van der Waals surface area contributed by atoms with Gasteiger partial charge >= 0.3 is 0 Å². The normalized spacial score (nSPS) is 10.9. The number of hydrogen-bond donors (Lipinski definition) is 0. The molecule has 5 nitrogen and oxygen atoms in total. The van der Waals surface area contributed by atoms with E-state index in [9.17, 15) is 15.0 Å². The van der Waals surface area contributed by atoms with Gasteiger partial charge in [0.15, 0.2) is 0 Å². The summed E-state index contributed by atoms with van der Waals surface area (Å²) in [6.45, 7) is 0. The second-order valence-corrected chi connectivity index (χ2v) is 10.4. The number of rotatable bonds is 7. The van der Waals surface area contributed by atoms with E-state index in [0.29, 0.717) is 11.3 Å². The zero-order valence-electron chi connectivity index (χ0n) is 17.8. The van der Waals surface area contributed by atoms with E-state index in [-0.39, 0.29) is 6.42 Å². The first kappa shape index (κ1) is 22.3. The van der Waals surface area contributed by atoms with Crippen LogP contribution in [0.3, 0.4) is 0 Å². The van der Waals surface area contributed by atoms with Gasteiger partial charge in [-0.05, 0) is 65.0 Å². The Balaban J connectivity index is 1.62. The molecule has 0 N–H and O–H groups in total. The number of carbonyl (C=O) groups excluding carboxylic acids is 1. The lowest BCUT2D eigenvalue weighted by atomic mass is 10.0. The largest absolute Gasteiger partial charge is 0.286 e. The van der Waals surface area contributed by atoms with E-state index in [1.807, 2.05) is 53.9 Å². The van der Waals surface area contributed by atoms with E-state index >= 15 is 0 Å². The average molecular weight is 500 g/mol. The molecule has 5 rings (SSSR count). The maximum atomic E-state index is 11.2. The van der Waals surface area contributed by atoms with Crippen LogP contribution < -0.4 is 0 Å². The number of carbonyl (C=O) groups is 1. The molecule has 0 spiro atoms. The van der Waals surface area contributed by atoms with Gasteiger partial charge in [0, 0.05) is 33.0 Å². The molecule has 8 heteroatoms. The third-order valence-corrected chi connectivity index (χ3v) is 8.21. The molecule has 0 unspecified atom stereocenters. The SMILES string of the molecule is N#Cc1sccc1-c1c(-c2cccs2)n(Sc2ccc(CCC(=O)N=O)cc2)c2ccccc12. The van der Waals surface area contributed by atoms with Crippen LogP contribution in [0.2, 0.25) is 0 Å². The number of nitroso groups, excluding NO2 is 1. The number of para-hydroxylation sites is 1. The highest BCUT2D eigenvalue weighted by Crippen LogP contribution is 2.47. The van der Waals surface area contributed by atoms with Gasteiger partial charge in [0.05, 0.1) is 16.1 Å². The average Bonchev–Trinajstić information content (AvgIpc) is 3.62. The van der Waals surface area contributed by atoms with Crippen LogP contribution in [-0.2, 0) is 11.2 Å². The molecule has 0 fully saturated rings. The van der Waals surface area contributed by atoms with Crippen molar-refractivity contribution in [2.45, 2.75) is 17.7 Å². The minimum atomic E-state index is -0.629. The van der Waals surface area contributed by atoms with Crippen molar-refractivity contribution in [1.29, 1.82) is 5.26 Å². The van der Waals surface area contributed by atoms with Crippen molar-refractivity contribution in [3.63, 3.8) is 0 Å². The molecule has 0 saturated heterocycles. The molecule has 3 heterocycles. The Labute approximate surface area is 208 Å². The van der Waals surface area contributed by atoms with Gasteiger partial charge in [0.25, 0.3) is 5.91 Å². The number of nitriles is 1. The van der Waals surface area contributed by atoms with E-state index in [0.717, 1.165) is 43.1 Å². The number of aryl methyl sites for hydroxylation is 1. The van der Waals surface area contributed by atoms with Crippen molar-refractivity contribution < 1.29 is 4.79 Å². The lowest BCUT2D eigenvalue weighted by Gasteiger charge is -2.11. The molecule has 0 aliphatic rings. The molecule has 0 atom stereocenters. The van der Waals surface area contributed by atoms with E-state index in [1.54, 1.807) is 23.3 Å². The molecular formula is C26H17N3O2S3. The summed E-state index contributed by atoms with van der Waals surface area (Å²) in [6.07, 6.45) is 0.605. The summed E-state index contributed by atoms with van der Waals surface area (Å²) in [5, 5.41) is 17.3. The van der Waals surface area contributed by atoms with Gasteiger partial charge in [-0.25, -0.2) is 0 Å². The predicted octanol–water partition coefficient (Wildman–Crippen LogP) is 7.75. The molecule has 3 aromatic heterocycles. The number of thiophene rings is 2. The molecule has 166 valence electrons. The minimum Gasteiger partial charge on any atom is -0.278 e. The van der Waals surface area contributed by atoms with Crippen LogP contribution in [0.4, 0.5) is 0 Å². The summed E-state index contributed by atoms with van der Waals surface area (Å²) in [7, 11) is 0. The van der Waals surface area contributed by atoms with Gasteiger partial charge < -0.3 is 0 Å². The fourth-order valence-electron chi connectivity index (χ4n) is 3.93. The number of benzene rings is 2. The second-order valence-electron chi connectivity index (χ2n) is 7.51. The second kappa shape index (κ2) is 9.77. The van der Waals surface area contributed by atoms with Crippen molar-refractivity contribution in [3.05, 3.63) is 92.8 Å². The Hall–Kier alpha value is -3.51. The van der Waals surface area contributed by atoms with Crippen LogP contribution in [0.15, 0.2) is 87.6 Å². The molecule has 0 radical (unpaired) electrons. The van der Waals surface area contributed by atoms with Crippen molar-refractivity contribution in [3.8, 4) is 27.8 Å². The molecule has 0 bridgehead atoms. The standard InChI is InChI=1S/C26H17N3O2S3/c27-16-23-20(13-15-33-23)25-19-4-1-2-5-21(19)29(26(25)22-6-3-14-32-22)34-18-10-7-17(8-11-18)9-12-24(30)28-31/h1-8,10-11,13-15H,9,12H2. The number of amides is 1. The molecule has 1 amide bonds. The lowest BCUT2D eigenvalue weighted by Crippen LogP contribution is -1.95. The fraction of sp³-hybridized carbons (Fsp3) is 0.0769. The van der Waals surface area contributed by atoms with Gasteiger partial charge in [-0.3, -0.25) is 8.77 Å². The molecule has 0 aliphatic heterocycles. The van der Waals surface area contributed by atoms with Crippen LogP contribution in [0.25, 0.3) is 32.6 Å². The van der Waals surface area contributed by atoms with Crippen LogP contribution in [0.5, 0.6) is 0 Å². The van der Waals surface area contributed by atoms with Crippen molar-refractivity contribution >= 4 is 51.4 Å². The Bertz CT molecular complexity index is 1520. The number of fused-ring (bicyclic) bond motifs is 1. The van der Waals surface area contributed by atoms with E-state index in [2.05, 4.69) is 38.8 Å². The van der Waals surface area contributed by atoms with Gasteiger partial charge in [-0.15, -0.1) is 27.6 Å². The summed E-state index contributed by atoms with van der Waals surface area (Å²) in [5.74, 6) is -0.629. The zero-order chi connectivity index (χ0) is 23.5. The topological polar surface area (TPSA) is 75.2 Å². The smallest absolute Gasteiger partial charge is 0.278 e. The quantitative estimate of drug-likeness (QED) is 0.215. The fourth-order valence-corrected chi connectivity index (χ4v) is 6.45. The Morgan fingerprint density at radius 2 is 1.82 bits per heavy atom. The molecule has 0 saturated carbocycles. The first-order valence-corrected chi connectivity index (χ1v) is 13.0. The molecule has 34 heavy (non-hydrogen) atoms. The third kappa shape index (κ3) is 4.21. The summed E-state index contributed by atoms with van der Waals surface area (Å²) < 4.78 is 2.24. The highest BCUT2D eigenvalue weighted by Gasteiger charge is 2.23. The van der Waals surface area contributed by atoms with E-state index in [1.165, 1.54) is 11.3 Å². The lowest BCUT2D eigenvalue weighted by molar-refractivity contribution is -0.117. The number of nitrogens with zero attached hydrogens (tertiary/aromatic N) is 3.